The maximum Gasteiger partial charge on any atom is 0.0547 e. The van der Waals surface area contributed by atoms with Crippen LogP contribution in [0.5, 0.6) is 0 Å². The molecule has 0 aliphatic carbocycles. The number of aromatic nitrogens is 2. The van der Waals surface area contributed by atoms with Crippen molar-refractivity contribution in [1.29, 1.82) is 0 Å². The van der Waals surface area contributed by atoms with E-state index in [0.717, 1.165) is 0 Å². The monoisotopic (exact) mass is 610 g/mol. The fourth-order valence-electron chi connectivity index (χ4n) is 7.87. The summed E-state index contributed by atoms with van der Waals surface area (Å²) < 4.78 is 4.88. The highest BCUT2D eigenvalue weighted by Gasteiger charge is 2.21. The molecule has 0 unspecified atom stereocenters. The lowest BCUT2D eigenvalue weighted by Gasteiger charge is -2.14. The molecule has 2 nitrogen and oxygen atoms in total. The van der Waals surface area contributed by atoms with Crippen molar-refractivity contribution in [2.75, 3.05) is 0 Å². The van der Waals surface area contributed by atoms with Gasteiger partial charge in [-0.3, -0.25) is 0 Å². The van der Waals surface area contributed by atoms with E-state index in [4.69, 9.17) is 0 Å². The van der Waals surface area contributed by atoms with Crippen molar-refractivity contribution >= 4 is 54.4 Å². The van der Waals surface area contributed by atoms with Crippen LogP contribution in [0.4, 0.5) is 0 Å². The Morgan fingerprint density at radius 2 is 0.833 bits per heavy atom. The van der Waals surface area contributed by atoms with Gasteiger partial charge in [-0.25, -0.2) is 0 Å². The number of hydrogen-bond donors (Lipinski definition) is 0. The zero-order chi connectivity index (χ0) is 31.6. The average Bonchev–Trinajstić information content (AvgIpc) is 3.68. The van der Waals surface area contributed by atoms with Crippen LogP contribution < -0.4 is 0 Å². The molecule has 0 saturated heterocycles. The second kappa shape index (κ2) is 10.6. The smallest absolute Gasteiger partial charge is 0.0547 e. The van der Waals surface area contributed by atoms with Crippen molar-refractivity contribution in [3.63, 3.8) is 0 Å². The zero-order valence-electron chi connectivity index (χ0n) is 26.2. The van der Waals surface area contributed by atoms with Crippen molar-refractivity contribution < 1.29 is 0 Å². The fourth-order valence-corrected chi connectivity index (χ4v) is 7.87. The summed E-state index contributed by atoms with van der Waals surface area (Å²) in [6.07, 6.45) is 0. The maximum absolute atomic E-state index is 2.45. The van der Waals surface area contributed by atoms with Gasteiger partial charge in [0.15, 0.2) is 0 Å². The minimum Gasteiger partial charge on any atom is -0.309 e. The molecule has 8 aromatic carbocycles. The van der Waals surface area contributed by atoms with E-state index in [1.165, 1.54) is 88.0 Å². The second-order valence-corrected chi connectivity index (χ2v) is 12.5. The second-order valence-electron chi connectivity index (χ2n) is 12.5. The van der Waals surface area contributed by atoms with E-state index in [0.29, 0.717) is 0 Å². The van der Waals surface area contributed by atoms with E-state index in [9.17, 15) is 0 Å². The van der Waals surface area contributed by atoms with E-state index in [1.54, 1.807) is 0 Å². The third kappa shape index (κ3) is 3.93. The maximum atomic E-state index is 2.45. The Balaban J connectivity index is 1.29. The van der Waals surface area contributed by atoms with Crippen molar-refractivity contribution in [1.82, 2.24) is 9.13 Å². The Labute approximate surface area is 278 Å². The first-order chi connectivity index (χ1) is 23.8. The highest BCUT2D eigenvalue weighted by Crippen LogP contribution is 2.44. The first-order valence-electron chi connectivity index (χ1n) is 16.5. The molecule has 0 fully saturated rings. The molecular formula is C46H30N2. The standard InChI is InChI=1S/C46H30N2/c1-2-15-32(16-3-1)35-18-6-9-23-40(35)48-42-25-11-8-20-39(42)46-37(22-13-27-44(46)48)36-21-12-26-43-45(36)38-19-7-10-24-41(38)47(43)34-29-28-31-14-4-5-17-33(31)30-34/h1-30H. The van der Waals surface area contributed by atoms with Crippen LogP contribution in [-0.4, -0.2) is 9.13 Å². The summed E-state index contributed by atoms with van der Waals surface area (Å²) in [5.41, 5.74) is 12.1. The molecule has 0 aliphatic heterocycles. The molecule has 48 heavy (non-hydrogen) atoms. The zero-order valence-corrected chi connectivity index (χ0v) is 26.2. The van der Waals surface area contributed by atoms with Crippen LogP contribution in [0.1, 0.15) is 0 Å². The van der Waals surface area contributed by atoms with Crippen molar-refractivity contribution in [3.05, 3.63) is 182 Å². The van der Waals surface area contributed by atoms with Crippen molar-refractivity contribution in [3.8, 4) is 33.6 Å². The molecule has 2 aromatic heterocycles. The SMILES string of the molecule is c1ccc(-c2ccccc2-n2c3ccccc3c3c(-c4cccc5c4c4ccccc4n5-c4ccc5ccccc5c4)cccc32)cc1. The number of rotatable bonds is 4. The van der Waals surface area contributed by atoms with Crippen LogP contribution in [0.2, 0.25) is 0 Å². The number of para-hydroxylation sites is 3. The Morgan fingerprint density at radius 3 is 1.56 bits per heavy atom. The van der Waals surface area contributed by atoms with Gasteiger partial charge in [-0.15, -0.1) is 0 Å². The Kier molecular flexibility index (Phi) is 5.91. The minimum absolute atomic E-state index is 1.17. The molecule has 0 amide bonds. The van der Waals surface area contributed by atoms with E-state index in [2.05, 4.69) is 191 Å². The van der Waals surface area contributed by atoms with E-state index < -0.39 is 0 Å². The first-order valence-corrected chi connectivity index (χ1v) is 16.5. The molecule has 10 rings (SSSR count). The summed E-state index contributed by atoms with van der Waals surface area (Å²) >= 11 is 0. The highest BCUT2D eigenvalue weighted by molar-refractivity contribution is 6.22. The third-order valence-electron chi connectivity index (χ3n) is 9.91. The molecule has 0 N–H and O–H groups in total. The summed E-state index contributed by atoms with van der Waals surface area (Å²) in [5.74, 6) is 0. The molecule has 0 radical (unpaired) electrons. The fraction of sp³-hybridized carbons (Fsp3) is 0. The van der Waals surface area contributed by atoms with Gasteiger partial charge in [-0.05, 0) is 69.9 Å². The van der Waals surface area contributed by atoms with Crippen LogP contribution in [-0.2, 0) is 0 Å². The molecule has 0 aliphatic rings. The van der Waals surface area contributed by atoms with Crippen LogP contribution >= 0.6 is 0 Å². The lowest BCUT2D eigenvalue weighted by molar-refractivity contribution is 1.18. The van der Waals surface area contributed by atoms with Gasteiger partial charge in [0, 0.05) is 32.8 Å². The third-order valence-corrected chi connectivity index (χ3v) is 9.91. The van der Waals surface area contributed by atoms with Gasteiger partial charge >= 0.3 is 0 Å². The Hall–Kier alpha value is -6.38. The van der Waals surface area contributed by atoms with Gasteiger partial charge in [-0.2, -0.15) is 0 Å². The molecule has 2 heteroatoms. The van der Waals surface area contributed by atoms with Gasteiger partial charge in [0.25, 0.3) is 0 Å². The van der Waals surface area contributed by atoms with Gasteiger partial charge in [0.2, 0.25) is 0 Å². The van der Waals surface area contributed by atoms with Crippen molar-refractivity contribution in [2.24, 2.45) is 0 Å². The predicted molar refractivity (Wildman–Crippen MR) is 203 cm³/mol. The topological polar surface area (TPSA) is 9.86 Å². The highest BCUT2D eigenvalue weighted by atomic mass is 15.0. The summed E-state index contributed by atoms with van der Waals surface area (Å²) in [6, 6.07) is 66.2. The molecule has 224 valence electrons. The molecule has 2 heterocycles. The van der Waals surface area contributed by atoms with Crippen molar-refractivity contribution in [2.45, 2.75) is 0 Å². The van der Waals surface area contributed by atoms with Gasteiger partial charge in [-0.1, -0.05) is 140 Å². The van der Waals surface area contributed by atoms with Crippen LogP contribution in [0.3, 0.4) is 0 Å². The predicted octanol–water partition coefficient (Wildman–Crippen LogP) is 12.4. The normalized spacial score (nSPS) is 11.8. The molecule has 10 aromatic rings. The van der Waals surface area contributed by atoms with Gasteiger partial charge in [0.1, 0.15) is 0 Å². The van der Waals surface area contributed by atoms with E-state index >= 15 is 0 Å². The van der Waals surface area contributed by atoms with Crippen LogP contribution in [0.15, 0.2) is 182 Å². The summed E-state index contributed by atoms with van der Waals surface area (Å²) in [5, 5.41) is 7.54. The molecular weight excluding hydrogens is 581 g/mol. The Morgan fingerprint density at radius 1 is 0.312 bits per heavy atom. The lowest BCUT2D eigenvalue weighted by atomic mass is 9.95. The van der Waals surface area contributed by atoms with Crippen LogP contribution in [0.25, 0.3) is 88.0 Å². The quantitative estimate of drug-likeness (QED) is 0.188. The molecule has 0 spiro atoms. The summed E-state index contributed by atoms with van der Waals surface area (Å²) in [4.78, 5) is 0. The van der Waals surface area contributed by atoms with E-state index in [-0.39, 0.29) is 0 Å². The molecule has 0 atom stereocenters. The van der Waals surface area contributed by atoms with Gasteiger partial charge < -0.3 is 9.13 Å². The van der Waals surface area contributed by atoms with Crippen LogP contribution in [0, 0.1) is 0 Å². The Bertz CT molecular complexity index is 2830. The summed E-state index contributed by atoms with van der Waals surface area (Å²) in [7, 11) is 0. The first kappa shape index (κ1) is 26.8. The minimum atomic E-state index is 1.17. The summed E-state index contributed by atoms with van der Waals surface area (Å²) in [6.45, 7) is 0. The van der Waals surface area contributed by atoms with Gasteiger partial charge in [0.05, 0.1) is 27.8 Å². The lowest BCUT2D eigenvalue weighted by Crippen LogP contribution is -1.97. The number of hydrogen-bond acceptors (Lipinski definition) is 0. The largest absolute Gasteiger partial charge is 0.309 e. The van der Waals surface area contributed by atoms with E-state index in [1.807, 2.05) is 0 Å². The number of nitrogens with zero attached hydrogens (tertiary/aromatic N) is 2. The molecule has 0 bridgehead atoms. The molecule has 0 saturated carbocycles. The average molecular weight is 611 g/mol. The number of fused-ring (bicyclic) bond motifs is 7. The number of benzene rings is 8.